The van der Waals surface area contributed by atoms with Crippen molar-refractivity contribution in [3.05, 3.63) is 88.9 Å². The van der Waals surface area contributed by atoms with E-state index in [1.165, 1.54) is 13.3 Å². The molecule has 0 aliphatic heterocycles. The minimum Gasteiger partial charge on any atom is -0.493 e. The fourth-order valence-corrected chi connectivity index (χ4v) is 3.68. The van der Waals surface area contributed by atoms with E-state index >= 15 is 0 Å². The van der Waals surface area contributed by atoms with E-state index in [2.05, 4.69) is 10.5 Å². The predicted molar refractivity (Wildman–Crippen MR) is 131 cm³/mol. The summed E-state index contributed by atoms with van der Waals surface area (Å²) in [5.41, 5.74) is 5.92. The predicted octanol–water partition coefficient (Wildman–Crippen LogP) is 5.23. The Morgan fingerprint density at radius 2 is 1.91 bits per heavy atom. The summed E-state index contributed by atoms with van der Waals surface area (Å²) in [6, 6.07) is 24.0. The van der Waals surface area contributed by atoms with Crippen LogP contribution in [0.5, 0.6) is 11.5 Å². The number of rotatable bonds is 7. The summed E-state index contributed by atoms with van der Waals surface area (Å²) in [5.74, 6) is 0.242. The van der Waals surface area contributed by atoms with E-state index in [1.807, 2.05) is 60.7 Å². The average molecular weight is 471 g/mol. The molecule has 3 aromatic carbocycles. The van der Waals surface area contributed by atoms with Crippen molar-refractivity contribution in [2.24, 2.45) is 5.10 Å². The molecule has 1 N–H and O–H groups in total. The first-order valence-corrected chi connectivity index (χ1v) is 10.6. The number of para-hydroxylation sites is 1. The number of fused-ring (bicyclic) bond motifs is 1. The molecule has 168 valence electrons. The molecule has 0 atom stereocenters. The van der Waals surface area contributed by atoms with Gasteiger partial charge in [0, 0.05) is 10.9 Å². The topological polar surface area (TPSA) is 96.6 Å². The van der Waals surface area contributed by atoms with Crippen LogP contribution < -0.4 is 14.9 Å². The Hall–Kier alpha value is -4.41. The van der Waals surface area contributed by atoms with Gasteiger partial charge < -0.3 is 9.47 Å². The van der Waals surface area contributed by atoms with Crippen molar-refractivity contribution in [1.82, 2.24) is 10.4 Å². The number of hydrogen-bond donors (Lipinski definition) is 1. The van der Waals surface area contributed by atoms with Gasteiger partial charge in [-0.05, 0) is 29.8 Å². The molecule has 1 aromatic heterocycles. The number of carbonyl (C=O) groups excluding carboxylic acids is 1. The number of nitrogens with zero attached hydrogens (tertiary/aromatic N) is 3. The fourth-order valence-electron chi connectivity index (χ4n) is 3.40. The van der Waals surface area contributed by atoms with Crippen molar-refractivity contribution in [3.63, 3.8) is 0 Å². The van der Waals surface area contributed by atoms with Crippen LogP contribution in [0.3, 0.4) is 0 Å². The van der Waals surface area contributed by atoms with E-state index < -0.39 is 0 Å². The van der Waals surface area contributed by atoms with E-state index in [0.717, 1.165) is 10.9 Å². The first kappa shape index (κ1) is 22.8. The highest BCUT2D eigenvalue weighted by Gasteiger charge is 2.14. The number of pyridine rings is 1. The molecule has 0 bridgehead atoms. The van der Waals surface area contributed by atoms with Crippen LogP contribution in [0, 0.1) is 11.3 Å². The molecular weight excluding hydrogens is 452 g/mol. The molecule has 0 radical (unpaired) electrons. The third-order valence-electron chi connectivity index (χ3n) is 4.94. The maximum Gasteiger partial charge on any atom is 0.272 e. The van der Waals surface area contributed by atoms with E-state index in [1.54, 1.807) is 18.2 Å². The lowest BCUT2D eigenvalue weighted by molar-refractivity contribution is 0.0956. The smallest absolute Gasteiger partial charge is 0.272 e. The van der Waals surface area contributed by atoms with Crippen molar-refractivity contribution < 1.29 is 14.3 Å². The number of aromatic nitrogens is 1. The van der Waals surface area contributed by atoms with Gasteiger partial charge in [-0.15, -0.1) is 0 Å². The maximum atomic E-state index is 13.0. The standard InChI is InChI=1S/C26H19ClN4O3/c1-33-24-14-17(13-21(27)25(24)34-12-11-28)16-29-31-26(32)20-15-23(18-7-3-2-4-8-18)30-22-10-6-5-9-19(20)22/h2-10,13-16H,12H2,1H3,(H,31,32)/b29-16+. The number of halogens is 1. The second kappa shape index (κ2) is 10.5. The number of methoxy groups -OCH3 is 1. The van der Waals surface area contributed by atoms with Crippen molar-refractivity contribution in [2.75, 3.05) is 13.7 Å². The average Bonchev–Trinajstić information content (AvgIpc) is 2.87. The Morgan fingerprint density at radius 1 is 1.15 bits per heavy atom. The highest BCUT2D eigenvalue weighted by Crippen LogP contribution is 2.36. The summed E-state index contributed by atoms with van der Waals surface area (Å²) >= 11 is 6.26. The zero-order chi connectivity index (χ0) is 23.9. The maximum absolute atomic E-state index is 13.0. The Bertz CT molecular complexity index is 1420. The first-order chi connectivity index (χ1) is 16.6. The van der Waals surface area contributed by atoms with Crippen LogP contribution >= 0.6 is 11.6 Å². The fraction of sp³-hybridized carbons (Fsp3) is 0.0769. The number of nitrogens with one attached hydrogen (secondary N) is 1. The number of carbonyl (C=O) groups is 1. The quantitative estimate of drug-likeness (QED) is 0.294. The second-order valence-corrected chi connectivity index (χ2v) is 7.53. The first-order valence-electron chi connectivity index (χ1n) is 10.3. The van der Waals surface area contributed by atoms with Crippen LogP contribution in [0.2, 0.25) is 5.02 Å². The summed E-state index contributed by atoms with van der Waals surface area (Å²) in [5, 5.41) is 13.8. The third-order valence-corrected chi connectivity index (χ3v) is 5.22. The normalized spacial score (nSPS) is 10.7. The molecule has 0 unspecified atom stereocenters. The molecule has 4 aromatic rings. The SMILES string of the molecule is COc1cc(/C=N/NC(=O)c2cc(-c3ccccc3)nc3ccccc23)cc(Cl)c1OCC#N. The van der Waals surface area contributed by atoms with Gasteiger partial charge in [-0.2, -0.15) is 10.4 Å². The summed E-state index contributed by atoms with van der Waals surface area (Å²) in [4.78, 5) is 17.7. The highest BCUT2D eigenvalue weighted by atomic mass is 35.5. The second-order valence-electron chi connectivity index (χ2n) is 7.12. The van der Waals surface area contributed by atoms with Crippen LogP contribution in [0.25, 0.3) is 22.2 Å². The highest BCUT2D eigenvalue weighted by molar-refractivity contribution is 6.32. The molecular formula is C26H19ClN4O3. The zero-order valence-corrected chi connectivity index (χ0v) is 18.9. The van der Waals surface area contributed by atoms with Gasteiger partial charge in [0.2, 0.25) is 0 Å². The van der Waals surface area contributed by atoms with Crippen LogP contribution in [-0.4, -0.2) is 30.8 Å². The molecule has 34 heavy (non-hydrogen) atoms. The minimum absolute atomic E-state index is 0.162. The molecule has 0 aliphatic carbocycles. The molecule has 0 aliphatic rings. The number of hydrazone groups is 1. The van der Waals surface area contributed by atoms with E-state index in [9.17, 15) is 4.79 Å². The Balaban J connectivity index is 1.61. The third kappa shape index (κ3) is 4.98. The lowest BCUT2D eigenvalue weighted by Gasteiger charge is -2.11. The lowest BCUT2D eigenvalue weighted by Crippen LogP contribution is -2.18. The van der Waals surface area contributed by atoms with Crippen LogP contribution in [0.4, 0.5) is 0 Å². The van der Waals surface area contributed by atoms with Gasteiger partial charge in [0.1, 0.15) is 6.07 Å². The van der Waals surface area contributed by atoms with Gasteiger partial charge in [0.25, 0.3) is 5.91 Å². The number of ether oxygens (including phenoxy) is 2. The van der Waals surface area contributed by atoms with Crippen LogP contribution in [0.1, 0.15) is 15.9 Å². The Morgan fingerprint density at radius 3 is 2.68 bits per heavy atom. The van der Waals surface area contributed by atoms with Gasteiger partial charge in [0.05, 0.1) is 35.1 Å². The molecule has 1 amide bonds. The van der Waals surface area contributed by atoms with E-state index in [0.29, 0.717) is 28.1 Å². The van der Waals surface area contributed by atoms with E-state index in [4.69, 9.17) is 31.3 Å². The Labute approximate surface area is 201 Å². The summed E-state index contributed by atoms with van der Waals surface area (Å²) in [6.07, 6.45) is 1.45. The molecule has 7 nitrogen and oxygen atoms in total. The lowest BCUT2D eigenvalue weighted by atomic mass is 10.0. The van der Waals surface area contributed by atoms with Crippen molar-refractivity contribution in [3.8, 4) is 28.8 Å². The summed E-state index contributed by atoms with van der Waals surface area (Å²) < 4.78 is 10.6. The minimum atomic E-state index is -0.376. The van der Waals surface area contributed by atoms with Gasteiger partial charge in [0.15, 0.2) is 18.1 Å². The monoisotopic (exact) mass is 470 g/mol. The number of nitriles is 1. The molecule has 0 saturated carbocycles. The Kier molecular flexibility index (Phi) is 7.01. The number of benzene rings is 3. The number of amides is 1. The van der Waals surface area contributed by atoms with Crippen molar-refractivity contribution in [2.45, 2.75) is 0 Å². The molecule has 0 saturated heterocycles. The van der Waals surface area contributed by atoms with Crippen molar-refractivity contribution >= 4 is 34.6 Å². The van der Waals surface area contributed by atoms with Gasteiger partial charge >= 0.3 is 0 Å². The molecule has 0 spiro atoms. The van der Waals surface area contributed by atoms with Gasteiger partial charge in [-0.1, -0.05) is 60.1 Å². The largest absolute Gasteiger partial charge is 0.493 e. The molecule has 1 heterocycles. The molecule has 8 heteroatoms. The van der Waals surface area contributed by atoms with Crippen LogP contribution in [0.15, 0.2) is 77.9 Å². The molecule has 0 fully saturated rings. The number of hydrogen-bond acceptors (Lipinski definition) is 6. The van der Waals surface area contributed by atoms with Gasteiger partial charge in [-0.3, -0.25) is 4.79 Å². The van der Waals surface area contributed by atoms with Crippen LogP contribution in [-0.2, 0) is 0 Å². The van der Waals surface area contributed by atoms with E-state index in [-0.39, 0.29) is 23.3 Å². The molecule has 4 rings (SSSR count). The summed E-state index contributed by atoms with van der Waals surface area (Å²) in [7, 11) is 1.46. The zero-order valence-electron chi connectivity index (χ0n) is 18.2. The van der Waals surface area contributed by atoms with Crippen molar-refractivity contribution in [1.29, 1.82) is 5.26 Å². The van der Waals surface area contributed by atoms with Gasteiger partial charge in [-0.25, -0.2) is 10.4 Å². The summed E-state index contributed by atoms with van der Waals surface area (Å²) in [6.45, 7) is -0.162.